The van der Waals surface area contributed by atoms with E-state index in [1.54, 1.807) is 6.26 Å². The highest BCUT2D eigenvalue weighted by molar-refractivity contribution is 6.05. The van der Waals surface area contributed by atoms with Gasteiger partial charge in [-0.3, -0.25) is 14.5 Å². The van der Waals surface area contributed by atoms with E-state index in [0.717, 1.165) is 37.9 Å². The van der Waals surface area contributed by atoms with E-state index in [1.807, 2.05) is 12.1 Å². The maximum absolute atomic E-state index is 12.3. The molecule has 0 aromatic carbocycles. The monoisotopic (exact) mass is 276 g/mol. The van der Waals surface area contributed by atoms with Gasteiger partial charge in [0, 0.05) is 19.0 Å². The van der Waals surface area contributed by atoms with Gasteiger partial charge in [-0.2, -0.15) is 0 Å². The van der Waals surface area contributed by atoms with Crippen molar-refractivity contribution in [3.63, 3.8) is 0 Å². The van der Waals surface area contributed by atoms with E-state index in [1.165, 1.54) is 4.90 Å². The molecule has 0 radical (unpaired) electrons. The molecule has 1 saturated carbocycles. The lowest BCUT2D eigenvalue weighted by atomic mass is 10.2. The van der Waals surface area contributed by atoms with Crippen molar-refractivity contribution in [2.45, 2.75) is 50.6 Å². The van der Waals surface area contributed by atoms with Gasteiger partial charge in [0.15, 0.2) is 0 Å². The Balaban J connectivity index is 1.53. The van der Waals surface area contributed by atoms with Gasteiger partial charge in [0.2, 0.25) is 11.8 Å². The van der Waals surface area contributed by atoms with Crippen LogP contribution in [-0.2, 0) is 16.0 Å². The summed E-state index contributed by atoms with van der Waals surface area (Å²) in [5, 5.41) is 3.18. The van der Waals surface area contributed by atoms with Crippen LogP contribution in [0.1, 0.15) is 37.9 Å². The van der Waals surface area contributed by atoms with Gasteiger partial charge in [0.05, 0.1) is 18.7 Å². The molecule has 1 aliphatic carbocycles. The second kappa shape index (κ2) is 5.79. The number of nitrogens with zero attached hydrogens (tertiary/aromatic N) is 1. The Kier molecular flexibility index (Phi) is 3.87. The van der Waals surface area contributed by atoms with Crippen LogP contribution in [0.25, 0.3) is 0 Å². The molecular formula is C15H20N2O3. The predicted molar refractivity (Wildman–Crippen MR) is 72.9 cm³/mol. The van der Waals surface area contributed by atoms with Gasteiger partial charge in [-0.25, -0.2) is 0 Å². The summed E-state index contributed by atoms with van der Waals surface area (Å²) in [5.74, 6) is 0.834. The number of amides is 2. The summed E-state index contributed by atoms with van der Waals surface area (Å²) < 4.78 is 5.25. The van der Waals surface area contributed by atoms with E-state index in [-0.39, 0.29) is 23.9 Å². The van der Waals surface area contributed by atoms with E-state index in [2.05, 4.69) is 5.32 Å². The molecule has 5 heteroatoms. The molecular weight excluding hydrogens is 256 g/mol. The minimum absolute atomic E-state index is 0.0163. The summed E-state index contributed by atoms with van der Waals surface area (Å²) in [6.45, 7) is 0.649. The molecule has 2 fully saturated rings. The first kappa shape index (κ1) is 13.4. The van der Waals surface area contributed by atoms with E-state index in [9.17, 15) is 9.59 Å². The van der Waals surface area contributed by atoms with Crippen LogP contribution in [0.2, 0.25) is 0 Å². The van der Waals surface area contributed by atoms with Crippen LogP contribution in [0.15, 0.2) is 22.8 Å². The second-order valence-electron chi connectivity index (χ2n) is 5.58. The quantitative estimate of drug-likeness (QED) is 0.827. The third-order valence-corrected chi connectivity index (χ3v) is 4.22. The largest absolute Gasteiger partial charge is 0.469 e. The molecule has 1 N–H and O–H groups in total. The number of furan rings is 1. The topological polar surface area (TPSA) is 62.6 Å². The Morgan fingerprint density at radius 1 is 1.30 bits per heavy atom. The molecule has 1 aromatic rings. The van der Waals surface area contributed by atoms with Crippen LogP contribution in [0.4, 0.5) is 0 Å². The van der Waals surface area contributed by atoms with Crippen molar-refractivity contribution in [3.05, 3.63) is 24.2 Å². The minimum atomic E-state index is -0.349. The number of hydrogen-bond donors (Lipinski definition) is 1. The zero-order chi connectivity index (χ0) is 13.9. The highest BCUT2D eigenvalue weighted by Gasteiger charge is 2.42. The standard InChI is InChI=1S/C15H20N2O3/c18-14-10-13(16-8-7-12-6-3-9-20-12)15(19)17(14)11-4-1-2-5-11/h3,6,9,11,13,16H,1-2,4-5,7-8,10H2. The Morgan fingerprint density at radius 3 is 2.80 bits per heavy atom. The summed E-state index contributed by atoms with van der Waals surface area (Å²) in [4.78, 5) is 25.8. The molecule has 1 aliphatic heterocycles. The van der Waals surface area contributed by atoms with Gasteiger partial charge in [-0.15, -0.1) is 0 Å². The molecule has 1 unspecified atom stereocenters. The summed E-state index contributed by atoms with van der Waals surface area (Å²) in [6.07, 6.45) is 6.85. The minimum Gasteiger partial charge on any atom is -0.469 e. The Labute approximate surface area is 118 Å². The lowest BCUT2D eigenvalue weighted by Gasteiger charge is -2.22. The van der Waals surface area contributed by atoms with Crippen molar-refractivity contribution in [2.75, 3.05) is 6.54 Å². The Hall–Kier alpha value is -1.62. The zero-order valence-corrected chi connectivity index (χ0v) is 11.5. The summed E-state index contributed by atoms with van der Waals surface area (Å²) >= 11 is 0. The fraction of sp³-hybridized carbons (Fsp3) is 0.600. The average molecular weight is 276 g/mol. The zero-order valence-electron chi connectivity index (χ0n) is 11.5. The van der Waals surface area contributed by atoms with Crippen LogP contribution in [0.5, 0.6) is 0 Å². The molecule has 3 rings (SSSR count). The molecule has 108 valence electrons. The Bertz CT molecular complexity index is 477. The molecule has 20 heavy (non-hydrogen) atoms. The average Bonchev–Trinajstić information content (AvgIpc) is 3.13. The normalized spacial score (nSPS) is 24.0. The van der Waals surface area contributed by atoms with E-state index in [4.69, 9.17) is 4.42 Å². The van der Waals surface area contributed by atoms with Crippen LogP contribution < -0.4 is 5.32 Å². The molecule has 2 heterocycles. The molecule has 0 bridgehead atoms. The first-order chi connectivity index (χ1) is 9.75. The van der Waals surface area contributed by atoms with E-state index < -0.39 is 0 Å². The number of carbonyl (C=O) groups excluding carboxylic acids is 2. The first-order valence-corrected chi connectivity index (χ1v) is 7.37. The van der Waals surface area contributed by atoms with Gasteiger partial charge in [-0.1, -0.05) is 12.8 Å². The molecule has 2 aliphatic rings. The highest BCUT2D eigenvalue weighted by Crippen LogP contribution is 2.28. The number of imide groups is 1. The van der Waals surface area contributed by atoms with Gasteiger partial charge >= 0.3 is 0 Å². The fourth-order valence-corrected chi connectivity index (χ4v) is 3.18. The summed E-state index contributed by atoms with van der Waals surface area (Å²) in [7, 11) is 0. The molecule has 1 saturated heterocycles. The predicted octanol–water partition coefficient (Wildman–Crippen LogP) is 1.48. The summed E-state index contributed by atoms with van der Waals surface area (Å²) in [5.41, 5.74) is 0. The van der Waals surface area contributed by atoms with Crippen molar-refractivity contribution in [1.82, 2.24) is 10.2 Å². The molecule has 1 atom stereocenters. The van der Waals surface area contributed by atoms with Crippen LogP contribution in [-0.4, -0.2) is 35.3 Å². The van der Waals surface area contributed by atoms with E-state index >= 15 is 0 Å². The van der Waals surface area contributed by atoms with Crippen molar-refractivity contribution >= 4 is 11.8 Å². The van der Waals surface area contributed by atoms with Gasteiger partial charge in [0.1, 0.15) is 5.76 Å². The molecule has 5 nitrogen and oxygen atoms in total. The van der Waals surface area contributed by atoms with E-state index in [0.29, 0.717) is 13.0 Å². The third-order valence-electron chi connectivity index (χ3n) is 4.22. The first-order valence-electron chi connectivity index (χ1n) is 7.37. The number of nitrogens with one attached hydrogen (secondary N) is 1. The number of rotatable bonds is 5. The SMILES string of the molecule is O=C1CC(NCCc2ccco2)C(=O)N1C1CCCC1. The van der Waals surface area contributed by atoms with Gasteiger partial charge in [-0.05, 0) is 25.0 Å². The third kappa shape index (κ3) is 2.63. The lowest BCUT2D eigenvalue weighted by Crippen LogP contribution is -2.43. The second-order valence-corrected chi connectivity index (χ2v) is 5.58. The van der Waals surface area contributed by atoms with Crippen molar-refractivity contribution in [1.29, 1.82) is 0 Å². The highest BCUT2D eigenvalue weighted by atomic mass is 16.3. The lowest BCUT2D eigenvalue weighted by molar-refractivity contribution is -0.141. The van der Waals surface area contributed by atoms with Gasteiger partial charge in [0.25, 0.3) is 0 Å². The molecule has 1 aromatic heterocycles. The Morgan fingerprint density at radius 2 is 2.10 bits per heavy atom. The van der Waals surface area contributed by atoms with Crippen molar-refractivity contribution in [3.8, 4) is 0 Å². The number of likely N-dealkylation sites (tertiary alicyclic amines) is 1. The van der Waals surface area contributed by atoms with Crippen molar-refractivity contribution < 1.29 is 14.0 Å². The van der Waals surface area contributed by atoms with Crippen molar-refractivity contribution in [2.24, 2.45) is 0 Å². The molecule has 2 amide bonds. The number of hydrogen-bond acceptors (Lipinski definition) is 4. The maximum Gasteiger partial charge on any atom is 0.247 e. The smallest absolute Gasteiger partial charge is 0.247 e. The maximum atomic E-state index is 12.3. The fourth-order valence-electron chi connectivity index (χ4n) is 3.18. The van der Waals surface area contributed by atoms with Gasteiger partial charge < -0.3 is 9.73 Å². The van der Waals surface area contributed by atoms with Crippen LogP contribution in [0, 0.1) is 0 Å². The number of carbonyl (C=O) groups is 2. The molecule has 0 spiro atoms. The van der Waals surface area contributed by atoms with Crippen LogP contribution >= 0.6 is 0 Å². The van der Waals surface area contributed by atoms with Crippen LogP contribution in [0.3, 0.4) is 0 Å². The summed E-state index contributed by atoms with van der Waals surface area (Å²) in [6, 6.07) is 3.56.